The molecular formula is C13H14FN3O2. The number of hydrazine groups is 1. The molecule has 1 aromatic carbocycles. The zero-order valence-electron chi connectivity index (χ0n) is 10.7. The Morgan fingerprint density at radius 3 is 2.89 bits per heavy atom. The maximum absolute atomic E-state index is 13.3. The Labute approximate surface area is 109 Å². The van der Waals surface area contributed by atoms with Crippen molar-refractivity contribution in [3.63, 3.8) is 0 Å². The summed E-state index contributed by atoms with van der Waals surface area (Å²) in [5.74, 6) is 4.57. The first-order valence-electron chi connectivity index (χ1n) is 5.81. The first-order chi connectivity index (χ1) is 9.08. The fourth-order valence-electron chi connectivity index (χ4n) is 2.00. The lowest BCUT2D eigenvalue weighted by atomic mass is 10.0. The van der Waals surface area contributed by atoms with Gasteiger partial charge in [0, 0.05) is 17.6 Å². The molecule has 6 heteroatoms. The van der Waals surface area contributed by atoms with E-state index in [1.807, 2.05) is 0 Å². The van der Waals surface area contributed by atoms with Crippen molar-refractivity contribution in [2.75, 3.05) is 12.0 Å². The van der Waals surface area contributed by atoms with Crippen LogP contribution in [0, 0.1) is 12.7 Å². The van der Waals surface area contributed by atoms with Gasteiger partial charge >= 0.3 is 5.97 Å². The maximum atomic E-state index is 13.3. The number of ether oxygens (including phenoxy) is 1. The van der Waals surface area contributed by atoms with Crippen molar-refractivity contribution in [2.24, 2.45) is 5.84 Å². The first-order valence-corrected chi connectivity index (χ1v) is 5.81. The van der Waals surface area contributed by atoms with Crippen LogP contribution in [0.5, 0.6) is 0 Å². The van der Waals surface area contributed by atoms with Gasteiger partial charge in [-0.3, -0.25) is 10.8 Å². The molecule has 0 aliphatic heterocycles. The van der Waals surface area contributed by atoms with E-state index in [9.17, 15) is 9.18 Å². The second-order valence-electron chi connectivity index (χ2n) is 4.03. The number of anilines is 1. The lowest BCUT2D eigenvalue weighted by Gasteiger charge is -2.12. The van der Waals surface area contributed by atoms with Gasteiger partial charge in [-0.25, -0.2) is 9.18 Å². The fourth-order valence-corrected chi connectivity index (χ4v) is 2.00. The molecule has 0 atom stereocenters. The summed E-state index contributed by atoms with van der Waals surface area (Å²) in [5.41, 5.74) is 4.16. The normalized spacial score (nSPS) is 10.5. The molecule has 1 heterocycles. The summed E-state index contributed by atoms with van der Waals surface area (Å²) in [4.78, 5) is 15.9. The van der Waals surface area contributed by atoms with Gasteiger partial charge in [-0.15, -0.1) is 0 Å². The lowest BCUT2D eigenvalue weighted by molar-refractivity contribution is 0.0527. The van der Waals surface area contributed by atoms with Crippen molar-refractivity contribution < 1.29 is 13.9 Å². The van der Waals surface area contributed by atoms with Crippen molar-refractivity contribution in [3.8, 4) is 0 Å². The number of benzene rings is 1. The summed E-state index contributed by atoms with van der Waals surface area (Å²) in [6.45, 7) is 3.69. The smallest absolute Gasteiger partial charge is 0.341 e. The minimum Gasteiger partial charge on any atom is -0.462 e. The Hall–Kier alpha value is -2.21. The van der Waals surface area contributed by atoms with Crippen molar-refractivity contribution in [1.82, 2.24) is 4.98 Å². The number of nitrogens with zero attached hydrogens (tertiary/aromatic N) is 1. The molecule has 100 valence electrons. The topological polar surface area (TPSA) is 77.2 Å². The van der Waals surface area contributed by atoms with E-state index in [2.05, 4.69) is 10.4 Å². The lowest BCUT2D eigenvalue weighted by Crippen LogP contribution is -2.15. The second-order valence-corrected chi connectivity index (χ2v) is 4.03. The van der Waals surface area contributed by atoms with Gasteiger partial charge in [-0.2, -0.15) is 0 Å². The molecule has 5 nitrogen and oxygen atoms in total. The van der Waals surface area contributed by atoms with Crippen LogP contribution < -0.4 is 11.3 Å². The standard InChI is InChI=1S/C13H14FN3O2/c1-3-19-13(18)9-6-16-10-5-8(14)4-7(2)11(10)12(9)17-15/h4-6H,3,15H2,1-2H3,(H,16,17). The van der Waals surface area contributed by atoms with Crippen LogP contribution in [0.4, 0.5) is 10.1 Å². The van der Waals surface area contributed by atoms with Crippen LogP contribution in [0.25, 0.3) is 10.9 Å². The third kappa shape index (κ3) is 2.34. The highest BCUT2D eigenvalue weighted by atomic mass is 19.1. The van der Waals surface area contributed by atoms with Crippen LogP contribution in [-0.2, 0) is 4.74 Å². The highest BCUT2D eigenvalue weighted by Crippen LogP contribution is 2.29. The Kier molecular flexibility index (Phi) is 3.62. The second kappa shape index (κ2) is 5.19. The zero-order chi connectivity index (χ0) is 14.0. The molecule has 0 fully saturated rings. The van der Waals surface area contributed by atoms with Gasteiger partial charge in [-0.05, 0) is 25.5 Å². The number of aryl methyl sites for hydroxylation is 1. The Bertz CT molecular complexity index is 643. The van der Waals surface area contributed by atoms with Gasteiger partial charge in [0.05, 0.1) is 17.8 Å². The van der Waals surface area contributed by atoms with Crippen molar-refractivity contribution in [3.05, 3.63) is 35.3 Å². The van der Waals surface area contributed by atoms with Crippen LogP contribution >= 0.6 is 0 Å². The Balaban J connectivity index is 2.72. The average Bonchev–Trinajstić information content (AvgIpc) is 2.37. The van der Waals surface area contributed by atoms with Crippen LogP contribution in [0.3, 0.4) is 0 Å². The summed E-state index contributed by atoms with van der Waals surface area (Å²) in [7, 11) is 0. The summed E-state index contributed by atoms with van der Waals surface area (Å²) >= 11 is 0. The number of aromatic nitrogens is 1. The molecule has 0 aliphatic rings. The minimum absolute atomic E-state index is 0.228. The predicted molar refractivity (Wildman–Crippen MR) is 70.2 cm³/mol. The number of hydrogen-bond acceptors (Lipinski definition) is 5. The average molecular weight is 263 g/mol. The molecule has 1 aromatic heterocycles. The summed E-state index contributed by atoms with van der Waals surface area (Å²) < 4.78 is 18.3. The number of nitrogen functional groups attached to an aromatic ring is 1. The molecule has 0 unspecified atom stereocenters. The van der Waals surface area contributed by atoms with E-state index >= 15 is 0 Å². The fraction of sp³-hybridized carbons (Fsp3) is 0.231. The number of hydrogen-bond donors (Lipinski definition) is 2. The quantitative estimate of drug-likeness (QED) is 0.504. The third-order valence-electron chi connectivity index (χ3n) is 2.77. The predicted octanol–water partition coefficient (Wildman–Crippen LogP) is 2.14. The molecule has 19 heavy (non-hydrogen) atoms. The Morgan fingerprint density at radius 1 is 1.53 bits per heavy atom. The molecule has 2 aromatic rings. The molecule has 0 bridgehead atoms. The monoisotopic (exact) mass is 263 g/mol. The van der Waals surface area contributed by atoms with Crippen LogP contribution in [0.15, 0.2) is 18.3 Å². The number of carbonyl (C=O) groups excluding carboxylic acids is 1. The first kappa shape index (κ1) is 13.2. The SMILES string of the molecule is CCOC(=O)c1cnc2cc(F)cc(C)c2c1NN. The summed E-state index contributed by atoms with van der Waals surface area (Å²) in [6, 6.07) is 2.65. The molecule has 0 saturated heterocycles. The van der Waals surface area contributed by atoms with Crippen LogP contribution in [0.2, 0.25) is 0 Å². The van der Waals surface area contributed by atoms with Gasteiger partial charge in [0.25, 0.3) is 0 Å². The van der Waals surface area contributed by atoms with Crippen molar-refractivity contribution in [2.45, 2.75) is 13.8 Å². The van der Waals surface area contributed by atoms with E-state index in [1.165, 1.54) is 18.3 Å². The molecule has 2 rings (SSSR count). The molecule has 0 amide bonds. The number of fused-ring (bicyclic) bond motifs is 1. The van der Waals surface area contributed by atoms with Crippen molar-refractivity contribution >= 4 is 22.6 Å². The molecule has 0 spiro atoms. The van der Waals surface area contributed by atoms with Crippen LogP contribution in [-0.4, -0.2) is 17.6 Å². The van der Waals surface area contributed by atoms with Gasteiger partial charge in [0.1, 0.15) is 11.4 Å². The van der Waals surface area contributed by atoms with E-state index in [-0.39, 0.29) is 18.0 Å². The van der Waals surface area contributed by atoms with E-state index < -0.39 is 5.97 Å². The molecule has 3 N–H and O–H groups in total. The largest absolute Gasteiger partial charge is 0.462 e. The number of halogens is 1. The van der Waals surface area contributed by atoms with E-state index in [0.29, 0.717) is 22.2 Å². The molecule has 0 aliphatic carbocycles. The Morgan fingerprint density at radius 2 is 2.26 bits per heavy atom. The van der Waals surface area contributed by atoms with E-state index in [4.69, 9.17) is 10.6 Å². The highest BCUT2D eigenvalue weighted by Gasteiger charge is 2.17. The van der Waals surface area contributed by atoms with Crippen molar-refractivity contribution in [1.29, 1.82) is 0 Å². The van der Waals surface area contributed by atoms with E-state index in [1.54, 1.807) is 13.8 Å². The van der Waals surface area contributed by atoms with Gasteiger partial charge in [0.2, 0.25) is 0 Å². The minimum atomic E-state index is -0.520. The maximum Gasteiger partial charge on any atom is 0.341 e. The summed E-state index contributed by atoms with van der Waals surface area (Å²) in [6.07, 6.45) is 1.33. The number of nitrogens with one attached hydrogen (secondary N) is 1. The van der Waals surface area contributed by atoms with E-state index in [0.717, 1.165) is 0 Å². The highest BCUT2D eigenvalue weighted by molar-refractivity contribution is 6.05. The number of rotatable bonds is 3. The number of carbonyl (C=O) groups is 1. The van der Waals surface area contributed by atoms with Gasteiger partial charge in [0.15, 0.2) is 0 Å². The van der Waals surface area contributed by atoms with Gasteiger partial charge in [-0.1, -0.05) is 0 Å². The number of esters is 1. The molecule has 0 saturated carbocycles. The number of nitrogens with two attached hydrogens (primary N) is 1. The third-order valence-corrected chi connectivity index (χ3v) is 2.77. The summed E-state index contributed by atoms with van der Waals surface area (Å²) in [5, 5.41) is 0.606. The molecule has 0 radical (unpaired) electrons. The zero-order valence-corrected chi connectivity index (χ0v) is 10.7. The van der Waals surface area contributed by atoms with Crippen LogP contribution in [0.1, 0.15) is 22.8 Å². The van der Waals surface area contributed by atoms with Gasteiger partial charge < -0.3 is 10.2 Å². The molecular weight excluding hydrogens is 249 g/mol. The number of pyridine rings is 1.